The van der Waals surface area contributed by atoms with E-state index < -0.39 is 13.7 Å². The number of aromatic nitrogens is 3. The van der Waals surface area contributed by atoms with E-state index in [0.29, 0.717) is 11.8 Å². The Morgan fingerprint density at radius 3 is 2.16 bits per heavy atom. The summed E-state index contributed by atoms with van der Waals surface area (Å²) in [4.78, 5) is 0. The standard InChI is InChI=1S/C52H55N3OSi/c1-31(2)35-18-16-19-36(32(3)4)48(35)54-42-20-13-14-21-43(42)55-50(54)47-40(26-25-38-37-17-12-15-22-45(37)56-49(38)47)52(55)41-27-33(5)23-24-39(41)44-28-34(29-51(6,7)8)46(30-53(44)52)57(9,10)11/h12-28,30-32H,29H2,1-11H3/q+2. The van der Waals surface area contributed by atoms with Gasteiger partial charge in [-0.2, -0.15) is 4.57 Å². The van der Waals surface area contributed by atoms with Crippen molar-refractivity contribution in [2.75, 3.05) is 0 Å². The summed E-state index contributed by atoms with van der Waals surface area (Å²) >= 11 is 0. The van der Waals surface area contributed by atoms with Crippen LogP contribution in [-0.4, -0.2) is 12.6 Å². The van der Waals surface area contributed by atoms with Crippen LogP contribution in [0.3, 0.4) is 0 Å². The fourth-order valence-electron chi connectivity index (χ4n) is 10.4. The molecule has 0 radical (unpaired) electrons. The van der Waals surface area contributed by atoms with Crippen molar-refractivity contribution < 1.29 is 13.6 Å². The number of fused-ring (bicyclic) bond motifs is 16. The molecule has 1 spiro atoms. The normalized spacial score (nSPS) is 16.1. The first kappa shape index (κ1) is 36.1. The second kappa shape index (κ2) is 12.1. The molecule has 5 aromatic carbocycles. The van der Waals surface area contributed by atoms with Crippen LogP contribution in [0.4, 0.5) is 0 Å². The van der Waals surface area contributed by atoms with Gasteiger partial charge in [0.05, 0.1) is 24.8 Å². The molecule has 1 unspecified atom stereocenters. The van der Waals surface area contributed by atoms with E-state index in [1.165, 1.54) is 77.9 Å². The highest BCUT2D eigenvalue weighted by Gasteiger charge is 2.67. The summed E-state index contributed by atoms with van der Waals surface area (Å²) in [6, 6.07) is 39.2. The minimum Gasteiger partial charge on any atom is -0.455 e. The molecule has 0 bridgehead atoms. The maximum atomic E-state index is 7.12. The molecule has 10 rings (SSSR count). The Labute approximate surface area is 338 Å². The van der Waals surface area contributed by atoms with Crippen LogP contribution in [0.5, 0.6) is 0 Å². The number of benzene rings is 5. The van der Waals surface area contributed by atoms with Crippen LogP contribution < -0.4 is 14.3 Å². The van der Waals surface area contributed by atoms with Crippen molar-refractivity contribution >= 4 is 46.2 Å². The number of imidazole rings is 1. The van der Waals surface area contributed by atoms with E-state index in [1.54, 1.807) is 0 Å². The van der Waals surface area contributed by atoms with Gasteiger partial charge in [-0.3, -0.25) is 0 Å². The van der Waals surface area contributed by atoms with Crippen LogP contribution in [0.15, 0.2) is 114 Å². The second-order valence-electron chi connectivity index (χ2n) is 19.7. The topological polar surface area (TPSA) is 25.8 Å². The molecule has 3 aromatic heterocycles. The summed E-state index contributed by atoms with van der Waals surface area (Å²) in [6.07, 6.45) is 3.63. The maximum absolute atomic E-state index is 7.12. The summed E-state index contributed by atoms with van der Waals surface area (Å²) in [7, 11) is -1.85. The van der Waals surface area contributed by atoms with Crippen LogP contribution in [-0.2, 0) is 12.1 Å². The van der Waals surface area contributed by atoms with Gasteiger partial charge in [-0.05, 0) is 78.6 Å². The Kier molecular flexibility index (Phi) is 7.68. The highest BCUT2D eigenvalue weighted by Crippen LogP contribution is 2.53. The largest absolute Gasteiger partial charge is 0.455 e. The van der Waals surface area contributed by atoms with Gasteiger partial charge < -0.3 is 4.42 Å². The summed E-state index contributed by atoms with van der Waals surface area (Å²) in [5.41, 5.74) is 16.8. The number of para-hydroxylation sites is 4. The van der Waals surface area contributed by atoms with Gasteiger partial charge in [0.25, 0.3) is 0 Å². The van der Waals surface area contributed by atoms with Crippen molar-refractivity contribution in [2.24, 2.45) is 5.41 Å². The van der Waals surface area contributed by atoms with E-state index in [0.717, 1.165) is 28.4 Å². The molecule has 1 atom stereocenters. The van der Waals surface area contributed by atoms with Crippen LogP contribution in [0.1, 0.15) is 93.7 Å². The third-order valence-corrected chi connectivity index (χ3v) is 14.8. The molecule has 2 aliphatic heterocycles. The number of rotatable bonds is 5. The lowest BCUT2D eigenvalue weighted by atomic mass is 9.87. The molecule has 4 nitrogen and oxygen atoms in total. The molecule has 5 heterocycles. The summed E-state index contributed by atoms with van der Waals surface area (Å²) in [5, 5.41) is 3.84. The lowest BCUT2D eigenvalue weighted by Gasteiger charge is -2.26. The minimum absolute atomic E-state index is 0.153. The first-order valence-corrected chi connectivity index (χ1v) is 24.5. The van der Waals surface area contributed by atoms with Crippen molar-refractivity contribution in [2.45, 2.75) is 99.0 Å². The molecule has 0 fully saturated rings. The number of aryl methyl sites for hydroxylation is 1. The lowest BCUT2D eigenvalue weighted by Crippen LogP contribution is -2.72. The van der Waals surface area contributed by atoms with Gasteiger partial charge >= 0.3 is 11.5 Å². The smallest absolute Gasteiger partial charge is 0.364 e. The van der Waals surface area contributed by atoms with Gasteiger partial charge in [0.15, 0.2) is 22.8 Å². The Bertz CT molecular complexity index is 2960. The Morgan fingerprint density at radius 2 is 1.46 bits per heavy atom. The van der Waals surface area contributed by atoms with E-state index >= 15 is 0 Å². The summed E-state index contributed by atoms with van der Waals surface area (Å²) < 4.78 is 15.2. The molecule has 0 saturated carbocycles. The van der Waals surface area contributed by atoms with E-state index in [1.807, 2.05) is 0 Å². The summed E-state index contributed by atoms with van der Waals surface area (Å²) in [5.74, 6) is 1.82. The first-order valence-electron chi connectivity index (χ1n) is 21.0. The van der Waals surface area contributed by atoms with Gasteiger partial charge in [-0.1, -0.05) is 128 Å². The summed E-state index contributed by atoms with van der Waals surface area (Å²) in [6.45, 7) is 26.3. The average molecular weight is 766 g/mol. The average Bonchev–Trinajstić information content (AvgIpc) is 3.86. The molecule has 5 heteroatoms. The SMILES string of the molecule is Cc1ccc2c(c1)C1(c3ccc4c(oc5ccccc54)c3-c3n(-c4c(C(C)C)cccc4C(C)C)c4ccccc4[n+]31)[n+]1cc([Si](C)(C)C)c(CC(C)(C)C)cc1-2. The van der Waals surface area contributed by atoms with Crippen LogP contribution >= 0.6 is 0 Å². The molecule has 0 saturated heterocycles. The van der Waals surface area contributed by atoms with Gasteiger partial charge in [-0.25, -0.2) is 0 Å². The third kappa shape index (κ3) is 4.97. The fourth-order valence-corrected chi connectivity index (χ4v) is 12.0. The second-order valence-corrected chi connectivity index (χ2v) is 24.8. The van der Waals surface area contributed by atoms with Crippen LogP contribution in [0, 0.1) is 12.3 Å². The van der Waals surface area contributed by atoms with Crippen molar-refractivity contribution in [3.05, 3.63) is 143 Å². The van der Waals surface area contributed by atoms with E-state index in [9.17, 15) is 0 Å². The van der Waals surface area contributed by atoms with Crippen LogP contribution in [0.2, 0.25) is 19.6 Å². The van der Waals surface area contributed by atoms with E-state index in [-0.39, 0.29) is 5.41 Å². The van der Waals surface area contributed by atoms with Gasteiger partial charge in [0.2, 0.25) is 5.69 Å². The number of pyridine rings is 1. The monoisotopic (exact) mass is 765 g/mol. The molecule has 57 heavy (non-hydrogen) atoms. The first-order chi connectivity index (χ1) is 27.1. The molecule has 0 aliphatic carbocycles. The van der Waals surface area contributed by atoms with Crippen molar-refractivity contribution in [3.8, 4) is 28.3 Å². The Hall–Kier alpha value is -5.26. The van der Waals surface area contributed by atoms with Crippen molar-refractivity contribution in [1.82, 2.24) is 4.57 Å². The predicted molar refractivity (Wildman–Crippen MR) is 239 cm³/mol. The highest BCUT2D eigenvalue weighted by atomic mass is 28.3. The quantitative estimate of drug-likeness (QED) is 0.127. The van der Waals surface area contributed by atoms with Crippen molar-refractivity contribution in [1.29, 1.82) is 0 Å². The molecule has 8 aromatic rings. The fraction of sp³-hybridized carbons (Fsp3) is 0.308. The Balaban J connectivity index is 1.48. The zero-order valence-electron chi connectivity index (χ0n) is 35.5. The third-order valence-electron chi connectivity index (χ3n) is 12.7. The Morgan fingerprint density at radius 1 is 0.754 bits per heavy atom. The van der Waals surface area contributed by atoms with Crippen LogP contribution in [0.25, 0.3) is 61.3 Å². The number of nitrogens with zero attached hydrogens (tertiary/aromatic N) is 3. The molecule has 2 aliphatic rings. The predicted octanol–water partition coefficient (Wildman–Crippen LogP) is 12.1. The van der Waals surface area contributed by atoms with E-state index in [4.69, 9.17) is 4.42 Å². The lowest BCUT2D eigenvalue weighted by molar-refractivity contribution is -0.944. The van der Waals surface area contributed by atoms with Crippen molar-refractivity contribution in [3.63, 3.8) is 0 Å². The highest BCUT2D eigenvalue weighted by molar-refractivity contribution is 6.89. The zero-order valence-corrected chi connectivity index (χ0v) is 36.5. The molecular formula is C52H55N3OSi+2. The van der Waals surface area contributed by atoms with Gasteiger partial charge in [0.1, 0.15) is 16.8 Å². The number of furan rings is 1. The molecule has 0 amide bonds. The minimum atomic E-state index is -1.85. The zero-order chi connectivity index (χ0) is 39.9. The molecule has 0 N–H and O–H groups in total. The molecular weight excluding hydrogens is 711 g/mol. The molecule has 286 valence electrons. The number of hydrogen-bond donors (Lipinski definition) is 0. The van der Waals surface area contributed by atoms with Gasteiger partial charge in [0, 0.05) is 33.2 Å². The maximum Gasteiger partial charge on any atom is 0.364 e. The van der Waals surface area contributed by atoms with Gasteiger partial charge in [-0.15, -0.1) is 9.13 Å². The van der Waals surface area contributed by atoms with E-state index in [2.05, 4.69) is 198 Å². The number of hydrogen-bond acceptors (Lipinski definition) is 1.